The minimum atomic E-state index is 0. The van der Waals surface area contributed by atoms with Crippen molar-refractivity contribution in [2.75, 3.05) is 39.3 Å². The number of rotatable bonds is 5. The van der Waals surface area contributed by atoms with Crippen LogP contribution in [0.15, 0.2) is 0 Å². The van der Waals surface area contributed by atoms with E-state index in [2.05, 4.69) is 22.5 Å². The predicted octanol–water partition coefficient (Wildman–Crippen LogP) is 2.29. The summed E-state index contributed by atoms with van der Waals surface area (Å²) in [5.74, 6) is 0.942. The maximum absolute atomic E-state index is 3.48. The highest BCUT2D eigenvalue weighted by atomic mass is 35.5. The zero-order valence-electron chi connectivity index (χ0n) is 12.2. The second kappa shape index (κ2) is 11.2. The fourth-order valence-electron chi connectivity index (χ4n) is 3.28. The van der Waals surface area contributed by atoms with E-state index in [4.69, 9.17) is 0 Å². The Kier molecular flexibility index (Phi) is 11.4. The van der Waals surface area contributed by atoms with Gasteiger partial charge in [-0.1, -0.05) is 6.92 Å². The summed E-state index contributed by atoms with van der Waals surface area (Å²) in [5.41, 5.74) is 0. The Morgan fingerprint density at radius 3 is 1.95 bits per heavy atom. The van der Waals surface area contributed by atoms with Crippen LogP contribution >= 0.6 is 24.8 Å². The van der Waals surface area contributed by atoms with Gasteiger partial charge in [-0.25, -0.2) is 0 Å². The van der Waals surface area contributed by atoms with Crippen LogP contribution < -0.4 is 10.6 Å². The van der Waals surface area contributed by atoms with Crippen LogP contribution in [0.25, 0.3) is 0 Å². The van der Waals surface area contributed by atoms with E-state index in [0.717, 1.165) is 12.0 Å². The molecule has 0 saturated carbocycles. The number of hydrogen-bond donors (Lipinski definition) is 2. The molecule has 2 aliphatic rings. The van der Waals surface area contributed by atoms with E-state index in [9.17, 15) is 0 Å². The molecule has 0 aromatic heterocycles. The smallest absolute Gasteiger partial charge is 0.0119 e. The van der Waals surface area contributed by atoms with Gasteiger partial charge in [-0.05, 0) is 70.7 Å². The summed E-state index contributed by atoms with van der Waals surface area (Å²) >= 11 is 0. The van der Waals surface area contributed by atoms with Crippen LogP contribution in [0, 0.1) is 5.92 Å². The first kappa shape index (κ1) is 19.5. The molecule has 0 atom stereocenters. The van der Waals surface area contributed by atoms with Crippen LogP contribution in [0.2, 0.25) is 0 Å². The molecular formula is C14H31Cl2N3. The Morgan fingerprint density at radius 2 is 1.42 bits per heavy atom. The fourth-order valence-corrected chi connectivity index (χ4v) is 3.28. The second-order valence-electron chi connectivity index (χ2n) is 5.67. The van der Waals surface area contributed by atoms with Crippen molar-refractivity contribution in [2.45, 2.75) is 45.1 Å². The average Bonchev–Trinajstić information content (AvgIpc) is 2.40. The van der Waals surface area contributed by atoms with Crippen LogP contribution in [-0.4, -0.2) is 50.2 Å². The van der Waals surface area contributed by atoms with E-state index < -0.39 is 0 Å². The first-order valence-electron chi connectivity index (χ1n) is 7.55. The van der Waals surface area contributed by atoms with Crippen molar-refractivity contribution in [3.63, 3.8) is 0 Å². The van der Waals surface area contributed by atoms with Crippen molar-refractivity contribution >= 4 is 24.8 Å². The van der Waals surface area contributed by atoms with Crippen molar-refractivity contribution < 1.29 is 0 Å². The molecule has 2 fully saturated rings. The summed E-state index contributed by atoms with van der Waals surface area (Å²) in [6, 6.07) is 0.853. The maximum Gasteiger partial charge on any atom is 0.0119 e. The van der Waals surface area contributed by atoms with E-state index in [-0.39, 0.29) is 24.8 Å². The lowest BCUT2D eigenvalue weighted by Crippen LogP contribution is -2.46. The van der Waals surface area contributed by atoms with Crippen LogP contribution in [0.4, 0.5) is 0 Å². The van der Waals surface area contributed by atoms with Gasteiger partial charge in [-0.2, -0.15) is 0 Å². The Balaban J connectivity index is 0.00000162. The standard InChI is InChI=1S/C14H29N3.2ClH/c1-2-11-17(14-5-9-16-10-6-14)12-13-3-7-15-8-4-13;;/h13-16H,2-12H2,1H3;2*1H. The van der Waals surface area contributed by atoms with Crippen molar-refractivity contribution in [1.29, 1.82) is 0 Å². The molecule has 0 spiro atoms. The van der Waals surface area contributed by atoms with Crippen molar-refractivity contribution in [1.82, 2.24) is 15.5 Å². The lowest BCUT2D eigenvalue weighted by Gasteiger charge is -2.37. The molecule has 2 N–H and O–H groups in total. The molecule has 0 aliphatic carbocycles. The first-order chi connectivity index (χ1) is 8.40. The van der Waals surface area contributed by atoms with Crippen molar-refractivity contribution in [2.24, 2.45) is 5.92 Å². The number of nitrogens with one attached hydrogen (secondary N) is 2. The van der Waals surface area contributed by atoms with Crippen LogP contribution in [0.1, 0.15) is 39.0 Å². The molecule has 3 nitrogen and oxygen atoms in total. The van der Waals surface area contributed by atoms with Gasteiger partial charge in [0.05, 0.1) is 0 Å². The minimum Gasteiger partial charge on any atom is -0.317 e. The molecule has 0 radical (unpaired) electrons. The molecule has 0 unspecified atom stereocenters. The molecule has 2 heterocycles. The van der Waals surface area contributed by atoms with Crippen LogP contribution in [0.5, 0.6) is 0 Å². The van der Waals surface area contributed by atoms with E-state index >= 15 is 0 Å². The van der Waals surface area contributed by atoms with Gasteiger partial charge >= 0.3 is 0 Å². The van der Waals surface area contributed by atoms with Crippen LogP contribution in [0.3, 0.4) is 0 Å². The molecule has 0 amide bonds. The summed E-state index contributed by atoms with van der Waals surface area (Å²) in [4.78, 5) is 2.79. The molecule has 5 heteroatoms. The summed E-state index contributed by atoms with van der Waals surface area (Å²) < 4.78 is 0. The SMILES string of the molecule is CCCN(CC1CCNCC1)C1CCNCC1.Cl.Cl. The Hall–Kier alpha value is 0.460. The molecule has 116 valence electrons. The monoisotopic (exact) mass is 311 g/mol. The quantitative estimate of drug-likeness (QED) is 0.816. The number of piperidine rings is 2. The molecule has 2 aliphatic heterocycles. The van der Waals surface area contributed by atoms with E-state index in [0.29, 0.717) is 0 Å². The largest absolute Gasteiger partial charge is 0.317 e. The molecule has 19 heavy (non-hydrogen) atoms. The lowest BCUT2D eigenvalue weighted by molar-refractivity contribution is 0.127. The van der Waals surface area contributed by atoms with E-state index in [1.165, 1.54) is 71.4 Å². The first-order valence-corrected chi connectivity index (χ1v) is 7.55. The number of hydrogen-bond acceptors (Lipinski definition) is 3. The fraction of sp³-hybridized carbons (Fsp3) is 1.00. The molecule has 2 saturated heterocycles. The van der Waals surface area contributed by atoms with Gasteiger partial charge in [0, 0.05) is 12.6 Å². The molecule has 0 bridgehead atoms. The predicted molar refractivity (Wildman–Crippen MR) is 87.8 cm³/mol. The number of nitrogens with zero attached hydrogens (tertiary/aromatic N) is 1. The van der Waals surface area contributed by atoms with Gasteiger partial charge in [0.15, 0.2) is 0 Å². The normalized spacial score (nSPS) is 21.8. The lowest BCUT2D eigenvalue weighted by atomic mass is 9.95. The average molecular weight is 312 g/mol. The van der Waals surface area contributed by atoms with Crippen LogP contribution in [-0.2, 0) is 0 Å². The summed E-state index contributed by atoms with van der Waals surface area (Å²) in [6.07, 6.45) is 6.77. The molecular weight excluding hydrogens is 281 g/mol. The zero-order chi connectivity index (χ0) is 11.9. The van der Waals surface area contributed by atoms with Gasteiger partial charge in [-0.15, -0.1) is 24.8 Å². The van der Waals surface area contributed by atoms with Gasteiger partial charge in [0.1, 0.15) is 0 Å². The summed E-state index contributed by atoms with van der Waals surface area (Å²) in [7, 11) is 0. The third-order valence-electron chi connectivity index (χ3n) is 4.29. The highest BCUT2D eigenvalue weighted by Crippen LogP contribution is 2.19. The topological polar surface area (TPSA) is 27.3 Å². The van der Waals surface area contributed by atoms with Gasteiger partial charge < -0.3 is 15.5 Å². The number of halogens is 2. The van der Waals surface area contributed by atoms with E-state index in [1.807, 2.05) is 0 Å². The molecule has 0 aromatic rings. The van der Waals surface area contributed by atoms with Gasteiger partial charge in [-0.3, -0.25) is 0 Å². The Labute approximate surface area is 131 Å². The highest BCUT2D eigenvalue weighted by molar-refractivity contribution is 5.85. The summed E-state index contributed by atoms with van der Waals surface area (Å²) in [6.45, 7) is 9.87. The molecule has 0 aromatic carbocycles. The van der Waals surface area contributed by atoms with Crippen molar-refractivity contribution in [3.8, 4) is 0 Å². The Morgan fingerprint density at radius 1 is 0.895 bits per heavy atom. The second-order valence-corrected chi connectivity index (χ2v) is 5.67. The maximum atomic E-state index is 3.48. The van der Waals surface area contributed by atoms with Crippen molar-refractivity contribution in [3.05, 3.63) is 0 Å². The van der Waals surface area contributed by atoms with Gasteiger partial charge in [0.2, 0.25) is 0 Å². The Bertz CT molecular complexity index is 205. The zero-order valence-corrected chi connectivity index (χ0v) is 13.8. The third-order valence-corrected chi connectivity index (χ3v) is 4.29. The summed E-state index contributed by atoms with van der Waals surface area (Å²) in [5, 5.41) is 6.95. The minimum absolute atomic E-state index is 0. The van der Waals surface area contributed by atoms with E-state index in [1.54, 1.807) is 0 Å². The third kappa shape index (κ3) is 6.63. The van der Waals surface area contributed by atoms with Gasteiger partial charge in [0.25, 0.3) is 0 Å². The molecule has 2 rings (SSSR count). The highest BCUT2D eigenvalue weighted by Gasteiger charge is 2.23.